The molecule has 0 amide bonds. The monoisotopic (exact) mass is 305 g/mol. The first-order valence-corrected chi connectivity index (χ1v) is 8.17. The predicted octanol–water partition coefficient (Wildman–Crippen LogP) is 4.06. The molecule has 1 aliphatic rings. The van der Waals surface area contributed by atoms with E-state index >= 15 is 0 Å². The summed E-state index contributed by atoms with van der Waals surface area (Å²) in [6, 6.07) is 3.31. The molecule has 1 saturated heterocycles. The van der Waals surface area contributed by atoms with Crippen molar-refractivity contribution >= 4 is 39.0 Å². The van der Waals surface area contributed by atoms with Crippen molar-refractivity contribution in [1.82, 2.24) is 5.32 Å². The summed E-state index contributed by atoms with van der Waals surface area (Å²) in [5, 5.41) is 5.87. The van der Waals surface area contributed by atoms with Crippen molar-refractivity contribution in [2.24, 2.45) is 0 Å². The number of hydrogen-bond donors (Lipinski definition) is 1. The van der Waals surface area contributed by atoms with Gasteiger partial charge in [0.25, 0.3) is 0 Å². The van der Waals surface area contributed by atoms with Crippen LogP contribution < -0.4 is 5.32 Å². The van der Waals surface area contributed by atoms with E-state index in [1.54, 1.807) is 0 Å². The van der Waals surface area contributed by atoms with E-state index < -0.39 is 0 Å². The van der Waals surface area contributed by atoms with Gasteiger partial charge >= 0.3 is 0 Å². The molecule has 15 heavy (non-hydrogen) atoms. The van der Waals surface area contributed by atoms with Crippen LogP contribution in [0, 0.1) is 0 Å². The lowest BCUT2D eigenvalue weighted by Crippen LogP contribution is -2.35. The molecule has 0 saturated carbocycles. The van der Waals surface area contributed by atoms with E-state index in [1.165, 1.54) is 33.7 Å². The molecule has 1 N–H and O–H groups in total. The zero-order chi connectivity index (χ0) is 10.7. The van der Waals surface area contributed by atoms with Gasteiger partial charge in [0, 0.05) is 27.2 Å². The highest BCUT2D eigenvalue weighted by molar-refractivity contribution is 9.10. The maximum absolute atomic E-state index is 3.72. The zero-order valence-electron chi connectivity index (χ0n) is 8.83. The molecule has 2 unspecified atom stereocenters. The molecule has 0 aliphatic carbocycles. The summed E-state index contributed by atoms with van der Waals surface area (Å²) in [4.78, 5) is 1.42. The zero-order valence-corrected chi connectivity index (χ0v) is 12.1. The van der Waals surface area contributed by atoms with Gasteiger partial charge in [-0.1, -0.05) is 0 Å². The van der Waals surface area contributed by atoms with Gasteiger partial charge in [0.2, 0.25) is 0 Å². The van der Waals surface area contributed by atoms with E-state index in [0.717, 1.165) is 0 Å². The van der Waals surface area contributed by atoms with Gasteiger partial charge in [-0.05, 0) is 52.9 Å². The Morgan fingerprint density at radius 2 is 2.47 bits per heavy atom. The topological polar surface area (TPSA) is 12.0 Å². The molecular formula is C11H16BrNS2. The van der Waals surface area contributed by atoms with Crippen molar-refractivity contribution in [3.63, 3.8) is 0 Å². The average Bonchev–Trinajstić information content (AvgIpc) is 2.66. The number of thioether (sulfide) groups is 1. The highest BCUT2D eigenvalue weighted by Gasteiger charge is 2.18. The maximum atomic E-state index is 3.72. The smallest absolute Gasteiger partial charge is 0.0399 e. The lowest BCUT2D eigenvalue weighted by atomic mass is 10.1. The van der Waals surface area contributed by atoms with E-state index in [9.17, 15) is 0 Å². The largest absolute Gasteiger partial charge is 0.306 e. The summed E-state index contributed by atoms with van der Waals surface area (Å²) in [5.41, 5.74) is 0. The molecule has 1 aromatic heterocycles. The Hall–Kier alpha value is 0.490. The highest BCUT2D eigenvalue weighted by Crippen LogP contribution is 2.30. The molecule has 1 aromatic rings. The van der Waals surface area contributed by atoms with Gasteiger partial charge in [0.05, 0.1) is 0 Å². The SMILES string of the molecule is CC(NC1CCCSC1)c1sccc1Br. The molecule has 2 rings (SSSR count). The first-order chi connectivity index (χ1) is 7.27. The van der Waals surface area contributed by atoms with Crippen LogP contribution in [0.5, 0.6) is 0 Å². The van der Waals surface area contributed by atoms with Crippen LogP contribution in [0.1, 0.15) is 30.7 Å². The third kappa shape index (κ3) is 3.22. The third-order valence-electron chi connectivity index (χ3n) is 2.68. The fourth-order valence-corrected chi connectivity index (χ4v) is 4.74. The summed E-state index contributed by atoms with van der Waals surface area (Å²) < 4.78 is 1.25. The highest BCUT2D eigenvalue weighted by atomic mass is 79.9. The molecule has 2 atom stereocenters. The number of halogens is 1. The van der Waals surface area contributed by atoms with Crippen LogP contribution in [0.3, 0.4) is 0 Å². The van der Waals surface area contributed by atoms with Gasteiger partial charge in [-0.25, -0.2) is 0 Å². The van der Waals surface area contributed by atoms with E-state index in [2.05, 4.69) is 51.4 Å². The van der Waals surface area contributed by atoms with Gasteiger partial charge in [-0.3, -0.25) is 0 Å². The molecule has 0 spiro atoms. The van der Waals surface area contributed by atoms with Crippen molar-refractivity contribution in [3.8, 4) is 0 Å². The summed E-state index contributed by atoms with van der Waals surface area (Å²) in [6.45, 7) is 2.26. The summed E-state index contributed by atoms with van der Waals surface area (Å²) in [6.07, 6.45) is 2.70. The minimum atomic E-state index is 0.475. The Bertz CT molecular complexity index is 307. The molecule has 0 aromatic carbocycles. The first kappa shape index (κ1) is 12.0. The molecule has 84 valence electrons. The fraction of sp³-hybridized carbons (Fsp3) is 0.636. The van der Waals surface area contributed by atoms with E-state index in [1.807, 2.05) is 11.3 Å². The summed E-state index contributed by atoms with van der Waals surface area (Å²) in [5.74, 6) is 2.61. The lowest BCUT2D eigenvalue weighted by molar-refractivity contribution is 0.456. The number of thiophene rings is 1. The van der Waals surface area contributed by atoms with Crippen LogP contribution in [0.25, 0.3) is 0 Å². The standard InChI is InChI=1S/C11H16BrNS2/c1-8(11-10(12)4-6-15-11)13-9-3-2-5-14-7-9/h4,6,8-9,13H,2-3,5,7H2,1H3. The Morgan fingerprint density at radius 1 is 1.60 bits per heavy atom. The van der Waals surface area contributed by atoms with Crippen LogP contribution in [0.2, 0.25) is 0 Å². The number of nitrogens with one attached hydrogen (secondary N) is 1. The van der Waals surface area contributed by atoms with Gasteiger partial charge in [0.15, 0.2) is 0 Å². The van der Waals surface area contributed by atoms with Crippen LogP contribution in [0.4, 0.5) is 0 Å². The van der Waals surface area contributed by atoms with Gasteiger partial charge in [0.1, 0.15) is 0 Å². The normalized spacial score (nSPS) is 24.0. The van der Waals surface area contributed by atoms with Crippen LogP contribution in [-0.2, 0) is 0 Å². The Morgan fingerprint density at radius 3 is 3.07 bits per heavy atom. The van der Waals surface area contributed by atoms with Crippen molar-refractivity contribution in [3.05, 3.63) is 20.8 Å². The quantitative estimate of drug-likeness (QED) is 0.904. The van der Waals surface area contributed by atoms with Gasteiger partial charge < -0.3 is 5.32 Å². The van der Waals surface area contributed by atoms with Crippen molar-refractivity contribution in [2.75, 3.05) is 11.5 Å². The summed E-state index contributed by atoms with van der Waals surface area (Å²) >= 11 is 7.50. The molecule has 1 aliphatic heterocycles. The van der Waals surface area contributed by atoms with Crippen molar-refractivity contribution < 1.29 is 0 Å². The van der Waals surface area contributed by atoms with Crippen molar-refractivity contribution in [2.45, 2.75) is 31.8 Å². The minimum Gasteiger partial charge on any atom is -0.306 e. The minimum absolute atomic E-state index is 0.475. The van der Waals surface area contributed by atoms with E-state index in [0.29, 0.717) is 12.1 Å². The molecular weight excluding hydrogens is 290 g/mol. The van der Waals surface area contributed by atoms with Crippen molar-refractivity contribution in [1.29, 1.82) is 0 Å². The molecule has 0 bridgehead atoms. The summed E-state index contributed by atoms with van der Waals surface area (Å²) in [7, 11) is 0. The molecule has 1 fully saturated rings. The molecule has 4 heteroatoms. The second-order valence-corrected chi connectivity index (χ2v) is 6.89. The molecule has 1 nitrogen and oxygen atoms in total. The third-order valence-corrected chi connectivity index (χ3v) is 5.95. The second kappa shape index (κ2) is 5.71. The predicted molar refractivity (Wildman–Crippen MR) is 73.9 cm³/mol. The Balaban J connectivity index is 1.91. The first-order valence-electron chi connectivity index (χ1n) is 5.34. The van der Waals surface area contributed by atoms with E-state index in [-0.39, 0.29) is 0 Å². The fourth-order valence-electron chi connectivity index (χ4n) is 1.92. The average molecular weight is 306 g/mol. The van der Waals surface area contributed by atoms with Gasteiger partial charge in [-0.2, -0.15) is 11.8 Å². The number of hydrogen-bond acceptors (Lipinski definition) is 3. The Kier molecular flexibility index (Phi) is 4.55. The molecule has 2 heterocycles. The van der Waals surface area contributed by atoms with Gasteiger partial charge in [-0.15, -0.1) is 11.3 Å². The van der Waals surface area contributed by atoms with E-state index in [4.69, 9.17) is 0 Å². The maximum Gasteiger partial charge on any atom is 0.0399 e. The Labute approximate surface area is 108 Å². The van der Waals surface area contributed by atoms with Crippen LogP contribution in [0.15, 0.2) is 15.9 Å². The van der Waals surface area contributed by atoms with Crippen LogP contribution in [-0.4, -0.2) is 17.5 Å². The second-order valence-electron chi connectivity index (χ2n) is 3.94. The number of rotatable bonds is 3. The van der Waals surface area contributed by atoms with Crippen LogP contribution >= 0.6 is 39.0 Å². The lowest BCUT2D eigenvalue weighted by Gasteiger charge is -2.26. The molecule has 0 radical (unpaired) electrons.